The molecule has 2 aliphatic rings. The van der Waals surface area contributed by atoms with Gasteiger partial charge in [0.1, 0.15) is 5.78 Å². The summed E-state index contributed by atoms with van der Waals surface area (Å²) in [5, 5.41) is 0. The van der Waals surface area contributed by atoms with Crippen molar-refractivity contribution in [1.29, 1.82) is 0 Å². The summed E-state index contributed by atoms with van der Waals surface area (Å²) >= 11 is 0. The largest absolute Gasteiger partial charge is 0.377 e. The number of ketones is 1. The summed E-state index contributed by atoms with van der Waals surface area (Å²) in [6.45, 7) is 1.53. The minimum absolute atomic E-state index is 0.349. The zero-order valence-corrected chi connectivity index (χ0v) is 15.0. The number of hydrogen-bond donors (Lipinski definition) is 0. The van der Waals surface area contributed by atoms with Crippen LogP contribution in [-0.2, 0) is 16.1 Å². The van der Waals surface area contributed by atoms with Gasteiger partial charge in [-0.2, -0.15) is 0 Å². The van der Waals surface area contributed by atoms with Gasteiger partial charge in [-0.1, -0.05) is 49.9 Å². The Morgan fingerprint density at radius 1 is 0.917 bits per heavy atom. The third-order valence-electron chi connectivity index (χ3n) is 5.85. The van der Waals surface area contributed by atoms with Crippen LogP contribution in [-0.4, -0.2) is 12.4 Å². The van der Waals surface area contributed by atoms with Crippen LogP contribution >= 0.6 is 0 Å². The van der Waals surface area contributed by atoms with Gasteiger partial charge in [-0.05, 0) is 55.6 Å². The Hall–Kier alpha value is -1.15. The van der Waals surface area contributed by atoms with Gasteiger partial charge in [0.05, 0.1) is 6.61 Å². The fourth-order valence-corrected chi connectivity index (χ4v) is 4.29. The molecule has 1 unspecified atom stereocenters. The molecule has 0 amide bonds. The van der Waals surface area contributed by atoms with Gasteiger partial charge < -0.3 is 4.74 Å². The standard InChI is InChI=1S/C22H32O2/c23-22-11-4-3-9-21(22)10-5-6-16-24-17-18-12-14-20(15-13-18)19-7-1-2-8-19/h12-15,19,21H,1-11,16-17H2. The minimum Gasteiger partial charge on any atom is -0.377 e. The molecule has 1 aromatic rings. The molecule has 0 radical (unpaired) electrons. The van der Waals surface area contributed by atoms with Crippen LogP contribution in [0.3, 0.4) is 0 Å². The highest BCUT2D eigenvalue weighted by Gasteiger charge is 2.21. The number of Topliss-reactive ketones (excluding diaryl/α,β-unsaturated/α-hetero) is 1. The first-order valence-electron chi connectivity index (χ1n) is 10.0. The molecule has 2 nitrogen and oxygen atoms in total. The first-order chi connectivity index (χ1) is 11.8. The van der Waals surface area contributed by atoms with Crippen LogP contribution in [0.1, 0.15) is 87.7 Å². The number of rotatable bonds is 8. The van der Waals surface area contributed by atoms with E-state index in [0.29, 0.717) is 18.3 Å². The van der Waals surface area contributed by atoms with Crippen LogP contribution in [0, 0.1) is 5.92 Å². The number of unbranched alkanes of at least 4 members (excludes halogenated alkanes) is 1. The molecule has 2 fully saturated rings. The maximum atomic E-state index is 11.8. The Labute approximate surface area is 147 Å². The predicted octanol–water partition coefficient (Wildman–Crippen LogP) is 5.79. The normalized spacial score (nSPS) is 22.2. The van der Waals surface area contributed by atoms with Crippen molar-refractivity contribution < 1.29 is 9.53 Å². The fraction of sp³-hybridized carbons (Fsp3) is 0.682. The Bertz CT molecular complexity index is 499. The van der Waals surface area contributed by atoms with Crippen molar-refractivity contribution >= 4 is 5.78 Å². The molecule has 24 heavy (non-hydrogen) atoms. The average Bonchev–Trinajstić information content (AvgIpc) is 3.14. The van der Waals surface area contributed by atoms with Crippen molar-refractivity contribution in [1.82, 2.24) is 0 Å². The van der Waals surface area contributed by atoms with E-state index in [-0.39, 0.29) is 0 Å². The topological polar surface area (TPSA) is 26.3 Å². The van der Waals surface area contributed by atoms with Crippen molar-refractivity contribution in [3.8, 4) is 0 Å². The van der Waals surface area contributed by atoms with Crippen molar-refractivity contribution in [3.63, 3.8) is 0 Å². The minimum atomic E-state index is 0.349. The highest BCUT2D eigenvalue weighted by molar-refractivity contribution is 5.81. The molecular weight excluding hydrogens is 296 g/mol. The van der Waals surface area contributed by atoms with E-state index in [1.807, 2.05) is 0 Å². The number of carbonyl (C=O) groups excluding carboxylic acids is 1. The number of ether oxygens (including phenoxy) is 1. The average molecular weight is 328 g/mol. The molecule has 2 aliphatic carbocycles. The summed E-state index contributed by atoms with van der Waals surface area (Å²) in [5.74, 6) is 1.65. The second-order valence-corrected chi connectivity index (χ2v) is 7.68. The Balaban J connectivity index is 1.28. The maximum absolute atomic E-state index is 11.8. The molecule has 0 aromatic heterocycles. The van der Waals surface area contributed by atoms with Crippen LogP contribution < -0.4 is 0 Å². The van der Waals surface area contributed by atoms with Gasteiger partial charge in [0.25, 0.3) is 0 Å². The second-order valence-electron chi connectivity index (χ2n) is 7.68. The van der Waals surface area contributed by atoms with Crippen LogP contribution in [0.25, 0.3) is 0 Å². The molecule has 0 aliphatic heterocycles. The summed E-state index contributed by atoms with van der Waals surface area (Å²) < 4.78 is 5.82. The maximum Gasteiger partial charge on any atom is 0.135 e. The van der Waals surface area contributed by atoms with E-state index < -0.39 is 0 Å². The van der Waals surface area contributed by atoms with Gasteiger partial charge in [-0.15, -0.1) is 0 Å². The Kier molecular flexibility index (Phi) is 6.89. The summed E-state index contributed by atoms with van der Waals surface area (Å²) in [6, 6.07) is 9.05. The third kappa shape index (κ3) is 5.17. The summed E-state index contributed by atoms with van der Waals surface area (Å²) in [6.07, 6.45) is 13.1. The van der Waals surface area contributed by atoms with Crippen LogP contribution in [0.5, 0.6) is 0 Å². The van der Waals surface area contributed by atoms with Gasteiger partial charge in [0, 0.05) is 18.9 Å². The number of carbonyl (C=O) groups is 1. The van der Waals surface area contributed by atoms with Crippen molar-refractivity contribution in [2.45, 2.75) is 83.2 Å². The molecule has 1 aromatic carbocycles. The molecule has 1 atom stereocenters. The van der Waals surface area contributed by atoms with Crippen LogP contribution in [0.2, 0.25) is 0 Å². The number of benzene rings is 1. The summed E-state index contributed by atoms with van der Waals surface area (Å²) in [5.41, 5.74) is 2.78. The van der Waals surface area contributed by atoms with E-state index in [4.69, 9.17) is 4.74 Å². The SMILES string of the molecule is O=C1CCCCC1CCCCOCc1ccc(C2CCCC2)cc1. The highest BCUT2D eigenvalue weighted by atomic mass is 16.5. The summed E-state index contributed by atoms with van der Waals surface area (Å²) in [7, 11) is 0. The molecule has 2 heteroatoms. The number of hydrogen-bond acceptors (Lipinski definition) is 2. The van der Waals surface area contributed by atoms with Crippen LogP contribution in [0.15, 0.2) is 24.3 Å². The van der Waals surface area contributed by atoms with Gasteiger partial charge in [-0.3, -0.25) is 4.79 Å². The monoisotopic (exact) mass is 328 g/mol. The first kappa shape index (κ1) is 17.7. The Morgan fingerprint density at radius 3 is 2.42 bits per heavy atom. The molecule has 0 bridgehead atoms. The zero-order chi connectivity index (χ0) is 16.6. The van der Waals surface area contributed by atoms with E-state index >= 15 is 0 Å². The quantitative estimate of drug-likeness (QED) is 0.564. The summed E-state index contributed by atoms with van der Waals surface area (Å²) in [4.78, 5) is 11.8. The van der Waals surface area contributed by atoms with Gasteiger partial charge in [0.2, 0.25) is 0 Å². The molecular formula is C22H32O2. The zero-order valence-electron chi connectivity index (χ0n) is 15.0. The molecule has 132 valence electrons. The Morgan fingerprint density at radius 2 is 1.67 bits per heavy atom. The lowest BCUT2D eigenvalue weighted by Gasteiger charge is -2.20. The lowest BCUT2D eigenvalue weighted by Crippen LogP contribution is -2.18. The second kappa shape index (κ2) is 9.36. The molecule has 0 spiro atoms. The molecule has 2 saturated carbocycles. The van der Waals surface area contributed by atoms with Gasteiger partial charge >= 0.3 is 0 Å². The van der Waals surface area contributed by atoms with Gasteiger partial charge in [-0.25, -0.2) is 0 Å². The molecule has 0 N–H and O–H groups in total. The lowest BCUT2D eigenvalue weighted by atomic mass is 9.85. The van der Waals surface area contributed by atoms with E-state index in [0.717, 1.165) is 51.0 Å². The van der Waals surface area contributed by atoms with Crippen LogP contribution in [0.4, 0.5) is 0 Å². The molecule has 0 saturated heterocycles. The van der Waals surface area contributed by atoms with Gasteiger partial charge in [0.15, 0.2) is 0 Å². The first-order valence-corrected chi connectivity index (χ1v) is 10.0. The highest BCUT2D eigenvalue weighted by Crippen LogP contribution is 2.34. The molecule has 3 rings (SSSR count). The van der Waals surface area contributed by atoms with E-state index in [9.17, 15) is 4.79 Å². The van der Waals surface area contributed by atoms with E-state index in [1.165, 1.54) is 43.2 Å². The lowest BCUT2D eigenvalue weighted by molar-refractivity contribution is -0.124. The van der Waals surface area contributed by atoms with E-state index in [1.54, 1.807) is 0 Å². The molecule has 0 heterocycles. The van der Waals surface area contributed by atoms with Crippen molar-refractivity contribution in [3.05, 3.63) is 35.4 Å². The van der Waals surface area contributed by atoms with Crippen molar-refractivity contribution in [2.24, 2.45) is 5.92 Å². The smallest absolute Gasteiger partial charge is 0.135 e. The van der Waals surface area contributed by atoms with E-state index in [2.05, 4.69) is 24.3 Å². The fourth-order valence-electron chi connectivity index (χ4n) is 4.29. The third-order valence-corrected chi connectivity index (χ3v) is 5.85. The van der Waals surface area contributed by atoms with Crippen molar-refractivity contribution in [2.75, 3.05) is 6.61 Å². The predicted molar refractivity (Wildman–Crippen MR) is 98.1 cm³/mol.